The Morgan fingerprint density at radius 2 is 1.95 bits per heavy atom. The number of carbonyl (C=O) groups is 1. The number of hydrogen-bond acceptors (Lipinski definition) is 11. The predicted octanol–water partition coefficient (Wildman–Crippen LogP) is 2.92. The van der Waals surface area contributed by atoms with Gasteiger partial charge >= 0.3 is 13.7 Å². The van der Waals surface area contributed by atoms with Gasteiger partial charge in [-0.15, -0.1) is 0 Å². The van der Waals surface area contributed by atoms with Gasteiger partial charge in [-0.1, -0.05) is 44.9 Å². The number of nitriles is 1. The Bertz CT molecular complexity index is 1460. The first-order valence-corrected chi connectivity index (χ1v) is 15.2. The number of nitrogens with zero attached hydrogens (tertiary/aromatic N) is 3. The number of benzene rings is 1. The molecule has 4 rings (SSSR count). The molecule has 0 aliphatic carbocycles. The molecule has 14 heteroatoms. The minimum atomic E-state index is -4.31. The molecule has 226 valence electrons. The van der Waals surface area contributed by atoms with Gasteiger partial charge in [0.25, 0.3) is 0 Å². The monoisotopic (exact) mass is 601 g/mol. The van der Waals surface area contributed by atoms with Gasteiger partial charge in [0.15, 0.2) is 0 Å². The minimum Gasteiger partial charge on any atom is -0.464 e. The molecule has 5 N–H and O–H groups in total. The van der Waals surface area contributed by atoms with Crippen molar-refractivity contribution in [3.8, 4) is 11.8 Å². The van der Waals surface area contributed by atoms with Crippen LogP contribution in [0.2, 0.25) is 0 Å². The van der Waals surface area contributed by atoms with Crippen molar-refractivity contribution in [3.05, 3.63) is 60.4 Å². The van der Waals surface area contributed by atoms with Gasteiger partial charge in [-0.3, -0.25) is 9.32 Å². The van der Waals surface area contributed by atoms with E-state index in [4.69, 9.17) is 24.3 Å². The van der Waals surface area contributed by atoms with E-state index in [1.807, 2.05) is 19.9 Å². The van der Waals surface area contributed by atoms with Crippen molar-refractivity contribution in [2.45, 2.75) is 63.6 Å². The van der Waals surface area contributed by atoms with Gasteiger partial charge in [0.1, 0.15) is 36.2 Å². The van der Waals surface area contributed by atoms with E-state index in [0.717, 1.165) is 12.8 Å². The highest BCUT2D eigenvalue weighted by molar-refractivity contribution is 7.52. The van der Waals surface area contributed by atoms with Crippen molar-refractivity contribution in [2.75, 3.05) is 18.9 Å². The first-order valence-electron chi connectivity index (χ1n) is 13.7. The highest BCUT2D eigenvalue weighted by Crippen LogP contribution is 2.47. The van der Waals surface area contributed by atoms with Gasteiger partial charge in [-0.05, 0) is 43.2 Å². The molecule has 42 heavy (non-hydrogen) atoms. The summed E-state index contributed by atoms with van der Waals surface area (Å²) in [6.45, 7) is 5.10. The largest absolute Gasteiger partial charge is 0.464 e. The number of rotatable bonds is 13. The van der Waals surface area contributed by atoms with Gasteiger partial charge in [0.05, 0.1) is 30.1 Å². The Kier molecular flexibility index (Phi) is 9.89. The SMILES string of the molecule is CCC(CC)COC(=O)[C@H](C)NP(=O)(OC[C@H]1O[C@@](C#N)(c2ccc3c(N)ccnn23)[C@H](O)[C@@H]1O)Oc1ccccc1. The third kappa shape index (κ3) is 6.44. The van der Waals surface area contributed by atoms with Crippen LogP contribution >= 0.6 is 7.75 Å². The molecule has 1 unspecified atom stereocenters. The van der Waals surface area contributed by atoms with Crippen molar-refractivity contribution in [2.24, 2.45) is 5.92 Å². The molecule has 1 fully saturated rings. The van der Waals surface area contributed by atoms with Gasteiger partial charge < -0.3 is 29.9 Å². The second-order valence-electron chi connectivity index (χ2n) is 10.1. The number of fused-ring (bicyclic) bond motifs is 1. The van der Waals surface area contributed by atoms with E-state index in [0.29, 0.717) is 11.2 Å². The summed E-state index contributed by atoms with van der Waals surface area (Å²) in [7, 11) is -4.31. The van der Waals surface area contributed by atoms with E-state index >= 15 is 0 Å². The van der Waals surface area contributed by atoms with Crippen LogP contribution < -0.4 is 15.3 Å². The van der Waals surface area contributed by atoms with Crippen molar-refractivity contribution < 1.29 is 38.1 Å². The molecule has 1 aromatic carbocycles. The smallest absolute Gasteiger partial charge is 0.459 e. The number of anilines is 1. The summed E-state index contributed by atoms with van der Waals surface area (Å²) in [6, 6.07) is 13.7. The third-order valence-electron chi connectivity index (χ3n) is 7.29. The van der Waals surface area contributed by atoms with Gasteiger partial charge in [0.2, 0.25) is 5.60 Å². The average Bonchev–Trinajstić information content (AvgIpc) is 3.53. The lowest BCUT2D eigenvalue weighted by Gasteiger charge is -2.25. The molecular weight excluding hydrogens is 565 g/mol. The topological polar surface area (TPSA) is 191 Å². The number of ether oxygens (including phenoxy) is 2. The average molecular weight is 602 g/mol. The molecule has 3 heterocycles. The quantitative estimate of drug-likeness (QED) is 0.166. The Morgan fingerprint density at radius 1 is 1.24 bits per heavy atom. The molecule has 2 aromatic heterocycles. The Hall–Kier alpha value is -3.50. The van der Waals surface area contributed by atoms with E-state index in [1.165, 1.54) is 23.7 Å². The van der Waals surface area contributed by atoms with Crippen LogP contribution in [0.1, 0.15) is 39.3 Å². The van der Waals surface area contributed by atoms with Crippen LogP contribution in [0.15, 0.2) is 54.7 Å². The summed E-state index contributed by atoms with van der Waals surface area (Å²) in [5.74, 6) is -0.263. The summed E-state index contributed by atoms with van der Waals surface area (Å²) >= 11 is 0. The predicted molar refractivity (Wildman–Crippen MR) is 152 cm³/mol. The molecule has 13 nitrogen and oxygen atoms in total. The Labute approximate surface area is 243 Å². The maximum absolute atomic E-state index is 13.9. The van der Waals surface area contributed by atoms with E-state index in [1.54, 1.807) is 42.5 Å². The third-order valence-corrected chi connectivity index (χ3v) is 8.93. The zero-order valence-electron chi connectivity index (χ0n) is 23.6. The fraction of sp³-hybridized carbons (Fsp3) is 0.464. The molecular formula is C28H36N5O8P. The fourth-order valence-corrected chi connectivity index (χ4v) is 6.16. The van der Waals surface area contributed by atoms with Crippen molar-refractivity contribution in [3.63, 3.8) is 0 Å². The fourth-order valence-electron chi connectivity index (χ4n) is 4.66. The van der Waals surface area contributed by atoms with Crippen LogP contribution in [0.25, 0.3) is 5.52 Å². The number of hydrogen-bond donors (Lipinski definition) is 4. The van der Waals surface area contributed by atoms with Crippen LogP contribution in [-0.2, 0) is 29.0 Å². The second-order valence-corrected chi connectivity index (χ2v) is 11.8. The summed E-state index contributed by atoms with van der Waals surface area (Å²) in [5, 5.41) is 38.8. The first-order chi connectivity index (χ1) is 20.1. The van der Waals surface area contributed by atoms with Gasteiger partial charge in [-0.25, -0.2) is 9.08 Å². The Morgan fingerprint density at radius 3 is 2.62 bits per heavy atom. The summed E-state index contributed by atoms with van der Waals surface area (Å²) < 4.78 is 37.9. The van der Waals surface area contributed by atoms with Gasteiger partial charge in [0, 0.05) is 6.20 Å². The number of aromatic nitrogens is 2. The molecule has 0 radical (unpaired) electrons. The molecule has 1 saturated heterocycles. The van der Waals surface area contributed by atoms with Crippen LogP contribution in [0.4, 0.5) is 5.69 Å². The van der Waals surface area contributed by atoms with E-state index < -0.39 is 50.3 Å². The maximum atomic E-state index is 13.9. The number of aliphatic hydroxyl groups is 2. The molecule has 6 atom stereocenters. The number of nitrogens with two attached hydrogens (primary N) is 1. The maximum Gasteiger partial charge on any atom is 0.459 e. The van der Waals surface area contributed by atoms with Crippen LogP contribution in [-0.4, -0.2) is 63.4 Å². The Balaban J connectivity index is 1.53. The number of aliphatic hydroxyl groups excluding tert-OH is 2. The van der Waals surface area contributed by atoms with Crippen molar-refractivity contribution in [1.29, 1.82) is 5.26 Å². The van der Waals surface area contributed by atoms with E-state index in [2.05, 4.69) is 10.2 Å². The van der Waals surface area contributed by atoms with Crippen molar-refractivity contribution in [1.82, 2.24) is 14.7 Å². The highest BCUT2D eigenvalue weighted by atomic mass is 31.2. The lowest BCUT2D eigenvalue weighted by atomic mass is 9.92. The molecule has 0 amide bonds. The number of nitrogen functional groups attached to an aromatic ring is 1. The number of para-hydroxylation sites is 1. The first kappa shape index (κ1) is 31.4. The summed E-state index contributed by atoms with van der Waals surface area (Å²) in [4.78, 5) is 12.7. The summed E-state index contributed by atoms with van der Waals surface area (Å²) in [6.07, 6.45) is -1.56. The molecule has 0 bridgehead atoms. The minimum absolute atomic E-state index is 0.136. The van der Waals surface area contributed by atoms with Crippen LogP contribution in [0.3, 0.4) is 0 Å². The summed E-state index contributed by atoms with van der Waals surface area (Å²) in [5.41, 5.74) is 4.95. The highest BCUT2D eigenvalue weighted by Gasteiger charge is 2.58. The second kappa shape index (κ2) is 13.2. The van der Waals surface area contributed by atoms with Crippen molar-refractivity contribution >= 4 is 24.9 Å². The van der Waals surface area contributed by atoms with E-state index in [-0.39, 0.29) is 24.0 Å². The number of esters is 1. The molecule has 0 spiro atoms. The zero-order valence-corrected chi connectivity index (χ0v) is 24.5. The van der Waals surface area contributed by atoms with Gasteiger partial charge in [-0.2, -0.15) is 15.4 Å². The zero-order chi connectivity index (χ0) is 30.5. The van der Waals surface area contributed by atoms with Crippen LogP contribution in [0, 0.1) is 17.2 Å². The normalized spacial score (nSPS) is 24.3. The number of nitrogens with one attached hydrogen (secondary N) is 1. The molecule has 3 aromatic rings. The lowest BCUT2D eigenvalue weighted by Crippen LogP contribution is -2.41. The molecule has 1 aliphatic heterocycles. The number of carbonyl (C=O) groups excluding carboxylic acids is 1. The van der Waals surface area contributed by atoms with E-state index in [9.17, 15) is 24.8 Å². The van der Waals surface area contributed by atoms with Crippen LogP contribution in [0.5, 0.6) is 5.75 Å². The molecule has 1 aliphatic rings. The standard InChI is InChI=1S/C28H36N5O8P/c1-4-19(5-2)15-38-27(36)18(3)32-42(37,41-20-9-7-6-8-10-20)39-16-23-25(34)26(35)28(17-29,40-23)24-12-11-22-21(30)13-14-31-33(22)24/h6-14,18-19,23,25-26,34-35H,4-5,15-16,30H2,1-3H3,(H,32,37)/t18-,23+,25+,26+,28-,42?/m0/s1. The molecule has 0 saturated carbocycles. The lowest BCUT2D eigenvalue weighted by molar-refractivity contribution is -0.146.